The van der Waals surface area contributed by atoms with Crippen molar-refractivity contribution in [1.29, 1.82) is 0 Å². The Hall–Kier alpha value is -2.59. The van der Waals surface area contributed by atoms with Gasteiger partial charge in [-0.05, 0) is 13.3 Å². The van der Waals surface area contributed by atoms with Crippen molar-refractivity contribution >= 4 is 17.3 Å². The summed E-state index contributed by atoms with van der Waals surface area (Å²) in [6, 6.07) is 1.53. The van der Waals surface area contributed by atoms with Crippen LogP contribution in [-0.4, -0.2) is 40.7 Å². The number of ether oxygens (including phenoxy) is 2. The Morgan fingerprint density at radius 1 is 1.20 bits per heavy atom. The van der Waals surface area contributed by atoms with Gasteiger partial charge in [0.2, 0.25) is 0 Å². The molecule has 1 aromatic carbocycles. The number of non-ortho nitro benzene ring substituents is 1. The molecule has 1 N–H and O–H groups in total. The van der Waals surface area contributed by atoms with Crippen LogP contribution in [0.15, 0.2) is 12.1 Å². The number of benzene rings is 1. The molecule has 0 aliphatic carbocycles. The molecular formula is C15H20N2O8. The Morgan fingerprint density at radius 3 is 2.40 bits per heavy atom. The maximum absolute atomic E-state index is 11.4. The second-order valence-corrected chi connectivity index (χ2v) is 5.22. The Morgan fingerprint density at radius 2 is 1.88 bits per heavy atom. The van der Waals surface area contributed by atoms with Crippen molar-refractivity contribution in [3.63, 3.8) is 0 Å². The maximum atomic E-state index is 11.4. The van der Waals surface area contributed by atoms with Crippen molar-refractivity contribution in [1.82, 2.24) is 0 Å². The van der Waals surface area contributed by atoms with Crippen LogP contribution in [0, 0.1) is 20.2 Å². The number of nitrogens with zero attached hydrogens (tertiary/aromatic N) is 2. The number of nitro groups is 2. The van der Waals surface area contributed by atoms with E-state index in [1.165, 1.54) is 6.92 Å². The van der Waals surface area contributed by atoms with Crippen LogP contribution in [0.4, 0.5) is 11.4 Å². The molecule has 0 heterocycles. The molecule has 0 saturated heterocycles. The van der Waals surface area contributed by atoms with Gasteiger partial charge in [0.1, 0.15) is 0 Å². The molecule has 0 aliphatic rings. The van der Waals surface area contributed by atoms with Gasteiger partial charge in [0.05, 0.1) is 46.4 Å². The lowest BCUT2D eigenvalue weighted by atomic mass is 10.00. The largest absolute Gasteiger partial charge is 0.478 e. The van der Waals surface area contributed by atoms with Crippen LogP contribution in [-0.2, 0) is 9.47 Å². The summed E-state index contributed by atoms with van der Waals surface area (Å²) in [6.45, 7) is 4.40. The van der Waals surface area contributed by atoms with Crippen LogP contribution in [0.5, 0.6) is 0 Å². The molecule has 0 amide bonds. The van der Waals surface area contributed by atoms with Gasteiger partial charge >= 0.3 is 5.97 Å². The minimum atomic E-state index is -1.50. The quantitative estimate of drug-likeness (QED) is 0.362. The molecule has 0 fully saturated rings. The third-order valence-electron chi connectivity index (χ3n) is 3.43. The van der Waals surface area contributed by atoms with Crippen molar-refractivity contribution in [2.24, 2.45) is 0 Å². The van der Waals surface area contributed by atoms with E-state index in [2.05, 4.69) is 0 Å². The molecule has 0 bridgehead atoms. The molecule has 138 valence electrons. The number of rotatable bonds is 11. The van der Waals surface area contributed by atoms with Gasteiger partial charge in [-0.3, -0.25) is 20.2 Å². The first-order chi connectivity index (χ1) is 11.8. The summed E-state index contributed by atoms with van der Waals surface area (Å²) in [5.74, 6) is -1.50. The number of nitro benzene ring substituents is 2. The van der Waals surface area contributed by atoms with Crippen LogP contribution >= 0.6 is 0 Å². The summed E-state index contributed by atoms with van der Waals surface area (Å²) in [5.41, 5.74) is -2.06. The first-order valence-corrected chi connectivity index (χ1v) is 7.68. The van der Waals surface area contributed by atoms with Gasteiger partial charge in [0, 0.05) is 12.7 Å². The molecule has 0 saturated carbocycles. The standard InChI is InChI=1S/C15H20N2O8/c1-3-4-5-24-6-7-25-10(2)14-12(15(18)19)8-11(16(20)21)9-13(14)17(22)23/h8-10H,3-7H2,1-2H3,(H,18,19). The van der Waals surface area contributed by atoms with Crippen molar-refractivity contribution in [2.45, 2.75) is 32.8 Å². The lowest BCUT2D eigenvalue weighted by molar-refractivity contribution is -0.395. The average molecular weight is 356 g/mol. The minimum Gasteiger partial charge on any atom is -0.478 e. The molecular weight excluding hydrogens is 336 g/mol. The molecule has 1 rings (SSSR count). The van der Waals surface area contributed by atoms with E-state index in [0.717, 1.165) is 25.0 Å². The fourth-order valence-corrected chi connectivity index (χ4v) is 2.20. The van der Waals surface area contributed by atoms with Gasteiger partial charge < -0.3 is 14.6 Å². The first-order valence-electron chi connectivity index (χ1n) is 7.68. The average Bonchev–Trinajstić information content (AvgIpc) is 2.56. The SMILES string of the molecule is CCCCOCCOC(C)c1c(C(=O)O)cc([N+](=O)[O-])cc1[N+](=O)[O-]. The molecule has 1 atom stereocenters. The van der Waals surface area contributed by atoms with E-state index in [9.17, 15) is 30.1 Å². The van der Waals surface area contributed by atoms with Crippen LogP contribution in [0.2, 0.25) is 0 Å². The maximum Gasteiger partial charge on any atom is 0.336 e. The fraction of sp³-hybridized carbons (Fsp3) is 0.533. The van der Waals surface area contributed by atoms with Gasteiger partial charge in [0.15, 0.2) is 0 Å². The summed E-state index contributed by atoms with van der Waals surface area (Å²) < 4.78 is 10.7. The van der Waals surface area contributed by atoms with E-state index in [4.69, 9.17) is 9.47 Å². The Bertz CT molecular complexity index is 611. The summed E-state index contributed by atoms with van der Waals surface area (Å²) >= 11 is 0. The van der Waals surface area contributed by atoms with E-state index in [-0.39, 0.29) is 18.8 Å². The van der Waals surface area contributed by atoms with Crippen molar-refractivity contribution in [3.05, 3.63) is 43.5 Å². The van der Waals surface area contributed by atoms with Crippen molar-refractivity contribution in [3.8, 4) is 0 Å². The minimum absolute atomic E-state index is 0.109. The van der Waals surface area contributed by atoms with Crippen LogP contribution in [0.1, 0.15) is 48.7 Å². The molecule has 10 heteroatoms. The molecule has 10 nitrogen and oxygen atoms in total. The Balaban J connectivity index is 3.04. The molecule has 25 heavy (non-hydrogen) atoms. The van der Waals surface area contributed by atoms with Crippen molar-refractivity contribution < 1.29 is 29.2 Å². The number of hydrogen-bond donors (Lipinski definition) is 1. The highest BCUT2D eigenvalue weighted by Crippen LogP contribution is 2.34. The second-order valence-electron chi connectivity index (χ2n) is 5.22. The highest BCUT2D eigenvalue weighted by Gasteiger charge is 2.30. The number of hydrogen-bond acceptors (Lipinski definition) is 7. The van der Waals surface area contributed by atoms with Gasteiger partial charge in [-0.2, -0.15) is 0 Å². The third-order valence-corrected chi connectivity index (χ3v) is 3.43. The van der Waals surface area contributed by atoms with Crippen LogP contribution in [0.3, 0.4) is 0 Å². The smallest absolute Gasteiger partial charge is 0.336 e. The highest BCUT2D eigenvalue weighted by molar-refractivity contribution is 5.92. The Kier molecular flexibility index (Phi) is 7.89. The van der Waals surface area contributed by atoms with Gasteiger partial charge in [-0.15, -0.1) is 0 Å². The molecule has 1 aromatic rings. The number of carboxylic acids is 1. The number of aromatic carboxylic acids is 1. The molecule has 0 spiro atoms. The predicted octanol–water partition coefficient (Wildman–Crippen LogP) is 3.10. The third kappa shape index (κ3) is 5.76. The molecule has 0 aromatic heterocycles. The van der Waals surface area contributed by atoms with E-state index in [0.29, 0.717) is 6.61 Å². The zero-order valence-corrected chi connectivity index (χ0v) is 14.0. The number of unbranched alkanes of at least 4 members (excludes halogenated alkanes) is 1. The second kappa shape index (κ2) is 9.64. The van der Waals surface area contributed by atoms with Gasteiger partial charge in [-0.25, -0.2) is 4.79 Å². The zero-order chi connectivity index (χ0) is 19.0. The predicted molar refractivity (Wildman–Crippen MR) is 86.8 cm³/mol. The highest BCUT2D eigenvalue weighted by atomic mass is 16.6. The van der Waals surface area contributed by atoms with Crippen LogP contribution in [0.25, 0.3) is 0 Å². The lowest BCUT2D eigenvalue weighted by Gasteiger charge is -2.16. The van der Waals surface area contributed by atoms with E-state index in [1.807, 2.05) is 6.92 Å². The number of carbonyl (C=O) groups is 1. The summed E-state index contributed by atoms with van der Waals surface area (Å²) in [5, 5.41) is 31.4. The van der Waals surface area contributed by atoms with E-state index in [1.54, 1.807) is 0 Å². The normalized spacial score (nSPS) is 11.9. The molecule has 0 aliphatic heterocycles. The Labute approximate surface area is 143 Å². The van der Waals surface area contributed by atoms with E-state index < -0.39 is 38.9 Å². The van der Waals surface area contributed by atoms with Gasteiger partial charge in [0.25, 0.3) is 11.4 Å². The molecule has 0 radical (unpaired) electrons. The molecule has 1 unspecified atom stereocenters. The van der Waals surface area contributed by atoms with Crippen molar-refractivity contribution in [2.75, 3.05) is 19.8 Å². The summed E-state index contributed by atoms with van der Waals surface area (Å²) in [4.78, 5) is 31.8. The number of carboxylic acid groups (broad SMARTS) is 1. The summed E-state index contributed by atoms with van der Waals surface area (Å²) in [6.07, 6.45) is 0.933. The van der Waals surface area contributed by atoms with Crippen LogP contribution < -0.4 is 0 Å². The monoisotopic (exact) mass is 356 g/mol. The van der Waals surface area contributed by atoms with Gasteiger partial charge in [-0.1, -0.05) is 13.3 Å². The zero-order valence-electron chi connectivity index (χ0n) is 14.0. The lowest BCUT2D eigenvalue weighted by Crippen LogP contribution is -2.14. The topological polar surface area (TPSA) is 142 Å². The first kappa shape index (κ1) is 20.5. The fourth-order valence-electron chi connectivity index (χ4n) is 2.20. The summed E-state index contributed by atoms with van der Waals surface area (Å²) in [7, 11) is 0. The van der Waals surface area contributed by atoms with E-state index >= 15 is 0 Å².